The first-order valence-corrected chi connectivity index (χ1v) is 7.04. The van der Waals surface area contributed by atoms with E-state index in [1.54, 1.807) is 11.0 Å². The number of hydrogen-bond acceptors (Lipinski definition) is 2. The lowest BCUT2D eigenvalue weighted by molar-refractivity contribution is -0.137. The van der Waals surface area contributed by atoms with Gasteiger partial charge in [-0.3, -0.25) is 0 Å². The van der Waals surface area contributed by atoms with Gasteiger partial charge in [-0.25, -0.2) is 0 Å². The zero-order chi connectivity index (χ0) is 15.7. The summed E-state index contributed by atoms with van der Waals surface area (Å²) in [5, 5.41) is 0. The lowest BCUT2D eigenvalue weighted by atomic mass is 10.1. The van der Waals surface area contributed by atoms with Crippen molar-refractivity contribution >= 4 is 22.9 Å². The number of halogens is 3. The normalized spacial score (nSPS) is 15.0. The quantitative estimate of drug-likeness (QED) is 0.720. The molecule has 1 aliphatic rings. The zero-order valence-electron chi connectivity index (χ0n) is 11.4. The van der Waals surface area contributed by atoms with Gasteiger partial charge in [0.2, 0.25) is 0 Å². The Bertz CT molecular complexity index is 715. The maximum Gasteiger partial charge on any atom is 0.416 e. The number of nitrogens with zero attached hydrogens (tertiary/aromatic N) is 1. The standard InChI is InChI=1S/C16H12F3NOS/c17-16(18,19)12-5-3-6-13(8-12)20-9-11-4-1-2-7-14(11)21-10-15(20)22/h1-8H,9-10H2. The van der Waals surface area contributed by atoms with Crippen LogP contribution in [0.1, 0.15) is 11.1 Å². The average molecular weight is 323 g/mol. The molecule has 114 valence electrons. The maximum absolute atomic E-state index is 12.9. The van der Waals surface area contributed by atoms with E-state index in [2.05, 4.69) is 0 Å². The fourth-order valence-electron chi connectivity index (χ4n) is 2.34. The monoisotopic (exact) mass is 323 g/mol. The number of hydrogen-bond donors (Lipinski definition) is 0. The Balaban J connectivity index is 1.98. The Morgan fingerprint density at radius 1 is 1.05 bits per heavy atom. The van der Waals surface area contributed by atoms with Crippen molar-refractivity contribution in [3.63, 3.8) is 0 Å². The lowest BCUT2D eigenvalue weighted by Gasteiger charge is -2.23. The van der Waals surface area contributed by atoms with Gasteiger partial charge in [-0.2, -0.15) is 13.2 Å². The van der Waals surface area contributed by atoms with Crippen LogP contribution >= 0.6 is 12.2 Å². The van der Waals surface area contributed by atoms with Crippen molar-refractivity contribution in [1.82, 2.24) is 0 Å². The molecule has 3 rings (SSSR count). The molecule has 1 aliphatic heterocycles. The minimum absolute atomic E-state index is 0.169. The number of fused-ring (bicyclic) bond motifs is 1. The fraction of sp³-hybridized carbons (Fsp3) is 0.188. The van der Waals surface area contributed by atoms with Crippen LogP contribution in [0.15, 0.2) is 48.5 Å². The van der Waals surface area contributed by atoms with E-state index in [-0.39, 0.29) is 6.61 Å². The first-order chi connectivity index (χ1) is 10.4. The number of thiocarbonyl (C=S) groups is 1. The van der Waals surface area contributed by atoms with Crippen LogP contribution in [0.2, 0.25) is 0 Å². The average Bonchev–Trinajstić information content (AvgIpc) is 2.66. The number of rotatable bonds is 1. The van der Waals surface area contributed by atoms with Gasteiger partial charge >= 0.3 is 6.18 Å². The van der Waals surface area contributed by atoms with Crippen LogP contribution in [0, 0.1) is 0 Å². The van der Waals surface area contributed by atoms with Crippen molar-refractivity contribution in [2.45, 2.75) is 12.7 Å². The minimum Gasteiger partial charge on any atom is -0.486 e. The van der Waals surface area contributed by atoms with Crippen molar-refractivity contribution in [3.8, 4) is 5.75 Å². The van der Waals surface area contributed by atoms with Gasteiger partial charge in [0.25, 0.3) is 0 Å². The summed E-state index contributed by atoms with van der Waals surface area (Å²) in [4.78, 5) is 2.13. The Kier molecular flexibility index (Phi) is 3.78. The van der Waals surface area contributed by atoms with Crippen molar-refractivity contribution in [2.75, 3.05) is 11.5 Å². The summed E-state index contributed by atoms with van der Waals surface area (Å²) < 4.78 is 44.2. The van der Waals surface area contributed by atoms with Crippen LogP contribution in [0.4, 0.5) is 18.9 Å². The highest BCUT2D eigenvalue weighted by molar-refractivity contribution is 7.80. The van der Waals surface area contributed by atoms with E-state index in [9.17, 15) is 13.2 Å². The van der Waals surface area contributed by atoms with Gasteiger partial charge in [0, 0.05) is 11.3 Å². The van der Waals surface area contributed by atoms with Gasteiger partial charge in [-0.1, -0.05) is 36.5 Å². The molecule has 0 spiro atoms. The van der Waals surface area contributed by atoms with Crippen LogP contribution < -0.4 is 9.64 Å². The molecule has 0 fully saturated rings. The van der Waals surface area contributed by atoms with Crippen LogP contribution in [-0.4, -0.2) is 11.6 Å². The van der Waals surface area contributed by atoms with Crippen molar-refractivity contribution < 1.29 is 17.9 Å². The van der Waals surface area contributed by atoms with Gasteiger partial charge in [0.1, 0.15) is 17.3 Å². The second-order valence-corrected chi connectivity index (χ2v) is 5.40. The smallest absolute Gasteiger partial charge is 0.416 e. The number of para-hydroxylation sites is 1. The third kappa shape index (κ3) is 2.92. The second kappa shape index (κ2) is 5.61. The molecule has 0 unspecified atom stereocenters. The highest BCUT2D eigenvalue weighted by Gasteiger charge is 2.31. The fourth-order valence-corrected chi connectivity index (χ4v) is 2.57. The maximum atomic E-state index is 12.9. The Morgan fingerprint density at radius 2 is 1.82 bits per heavy atom. The molecule has 0 N–H and O–H groups in total. The summed E-state index contributed by atoms with van der Waals surface area (Å²) in [6.45, 7) is 0.554. The SMILES string of the molecule is FC(F)(F)c1cccc(N2Cc3ccccc3OCC2=S)c1. The molecule has 6 heteroatoms. The summed E-state index contributed by atoms with van der Waals surface area (Å²) >= 11 is 5.30. The van der Waals surface area contributed by atoms with E-state index >= 15 is 0 Å². The molecule has 0 saturated heterocycles. The number of ether oxygens (including phenoxy) is 1. The van der Waals surface area contributed by atoms with E-state index in [1.165, 1.54) is 6.07 Å². The Hall–Kier alpha value is -2.08. The van der Waals surface area contributed by atoms with Crippen LogP contribution in [0.5, 0.6) is 5.75 Å². The topological polar surface area (TPSA) is 12.5 Å². The molecule has 0 saturated carbocycles. The molecule has 2 aromatic rings. The molecule has 0 amide bonds. The van der Waals surface area contributed by atoms with Gasteiger partial charge in [0.05, 0.1) is 12.1 Å². The van der Waals surface area contributed by atoms with Crippen LogP contribution in [-0.2, 0) is 12.7 Å². The van der Waals surface area contributed by atoms with Crippen molar-refractivity contribution in [3.05, 3.63) is 59.7 Å². The molecule has 0 atom stereocenters. The van der Waals surface area contributed by atoms with Crippen molar-refractivity contribution in [2.24, 2.45) is 0 Å². The van der Waals surface area contributed by atoms with Gasteiger partial charge in [-0.05, 0) is 24.3 Å². The van der Waals surface area contributed by atoms with Crippen molar-refractivity contribution in [1.29, 1.82) is 0 Å². The van der Waals surface area contributed by atoms with E-state index in [1.807, 2.05) is 24.3 Å². The molecular weight excluding hydrogens is 311 g/mol. The molecule has 1 heterocycles. The van der Waals surface area contributed by atoms with Gasteiger partial charge < -0.3 is 9.64 Å². The highest BCUT2D eigenvalue weighted by atomic mass is 32.1. The summed E-state index contributed by atoms with van der Waals surface area (Å²) in [6.07, 6.45) is -4.38. The summed E-state index contributed by atoms with van der Waals surface area (Å²) in [6, 6.07) is 12.6. The van der Waals surface area contributed by atoms with E-state index in [0.717, 1.165) is 17.7 Å². The zero-order valence-corrected chi connectivity index (χ0v) is 12.2. The van der Waals surface area contributed by atoms with E-state index in [0.29, 0.717) is 23.0 Å². The highest BCUT2D eigenvalue weighted by Crippen LogP contribution is 2.33. The molecule has 0 radical (unpaired) electrons. The lowest BCUT2D eigenvalue weighted by Crippen LogP contribution is -2.30. The molecule has 0 bridgehead atoms. The predicted octanol–water partition coefficient (Wildman–Crippen LogP) is 4.43. The Labute approximate surface area is 131 Å². The summed E-state index contributed by atoms with van der Waals surface area (Å²) in [5.41, 5.74) is 0.617. The first-order valence-electron chi connectivity index (χ1n) is 6.63. The van der Waals surface area contributed by atoms with Crippen LogP contribution in [0.3, 0.4) is 0 Å². The number of alkyl halides is 3. The molecule has 0 aliphatic carbocycles. The largest absolute Gasteiger partial charge is 0.486 e. The number of benzene rings is 2. The Morgan fingerprint density at radius 3 is 2.59 bits per heavy atom. The predicted molar refractivity (Wildman–Crippen MR) is 82.2 cm³/mol. The first kappa shape index (κ1) is 14.8. The second-order valence-electron chi connectivity index (χ2n) is 4.92. The number of anilines is 1. The minimum atomic E-state index is -4.38. The molecule has 0 aromatic heterocycles. The van der Waals surface area contributed by atoms with E-state index in [4.69, 9.17) is 17.0 Å². The molecular formula is C16H12F3NOS. The third-order valence-corrected chi connectivity index (χ3v) is 3.78. The van der Waals surface area contributed by atoms with Gasteiger partial charge in [0.15, 0.2) is 0 Å². The van der Waals surface area contributed by atoms with Gasteiger partial charge in [-0.15, -0.1) is 0 Å². The summed E-state index contributed by atoms with van der Waals surface area (Å²) in [7, 11) is 0. The third-order valence-electron chi connectivity index (χ3n) is 3.44. The molecule has 2 aromatic carbocycles. The van der Waals surface area contributed by atoms with E-state index < -0.39 is 11.7 Å². The molecule has 2 nitrogen and oxygen atoms in total. The summed E-state index contributed by atoms with van der Waals surface area (Å²) in [5.74, 6) is 0.708. The molecule has 22 heavy (non-hydrogen) atoms. The van der Waals surface area contributed by atoms with Crippen LogP contribution in [0.25, 0.3) is 0 Å².